The minimum absolute atomic E-state index is 0.289. The van der Waals surface area contributed by atoms with Crippen LogP contribution in [0.4, 0.5) is 0 Å². The molecule has 0 bridgehead atoms. The Bertz CT molecular complexity index is 449. The van der Waals surface area contributed by atoms with Gasteiger partial charge in [0.05, 0.1) is 0 Å². The van der Waals surface area contributed by atoms with Crippen molar-refractivity contribution in [2.24, 2.45) is 5.14 Å². The summed E-state index contributed by atoms with van der Waals surface area (Å²) in [4.78, 5) is 7.11. The monoisotopic (exact) mass is 335 g/mol. The summed E-state index contributed by atoms with van der Waals surface area (Å²) in [6.07, 6.45) is 0. The Morgan fingerprint density at radius 3 is 2.20 bits per heavy atom. The van der Waals surface area contributed by atoms with E-state index >= 15 is 0 Å². The molecule has 0 aromatic heterocycles. The summed E-state index contributed by atoms with van der Waals surface area (Å²) in [6, 6.07) is 7.02. The molecule has 84 valence electrons. The predicted octanol–water partition coefficient (Wildman–Crippen LogP) is 1.75. The fraction of sp³-hybridized carbons (Fsp3) is 0.400. The molecule has 0 atom stereocenters. The van der Waals surface area contributed by atoms with Crippen molar-refractivity contribution in [3.05, 3.63) is 29.8 Å². The Morgan fingerprint density at radius 2 is 1.73 bits per heavy atom. The van der Waals surface area contributed by atoms with Crippen LogP contribution in [0.5, 0.6) is 0 Å². The summed E-state index contributed by atoms with van der Waals surface area (Å²) in [5.41, 5.74) is 0.878. The number of nitrogens with two attached hydrogens (primary N) is 1. The van der Waals surface area contributed by atoms with E-state index < -0.39 is 28.4 Å². The van der Waals surface area contributed by atoms with Crippen LogP contribution in [-0.4, -0.2) is 26.8 Å². The second-order valence-electron chi connectivity index (χ2n) is 4.89. The van der Waals surface area contributed by atoms with Gasteiger partial charge < -0.3 is 0 Å². The van der Waals surface area contributed by atoms with Crippen molar-refractivity contribution in [2.75, 3.05) is 0 Å². The Labute approximate surface area is 95.6 Å². The van der Waals surface area contributed by atoms with E-state index in [2.05, 4.69) is 14.8 Å². The van der Waals surface area contributed by atoms with E-state index in [-0.39, 0.29) is 4.90 Å². The predicted molar refractivity (Wildman–Crippen MR) is 64.9 cm³/mol. The van der Waals surface area contributed by atoms with E-state index in [1.165, 1.54) is 0 Å². The first-order chi connectivity index (χ1) is 6.70. The van der Waals surface area contributed by atoms with Crippen LogP contribution in [-0.2, 0) is 14.5 Å². The zero-order valence-electron chi connectivity index (χ0n) is 9.32. The van der Waals surface area contributed by atoms with Crippen molar-refractivity contribution >= 4 is 28.4 Å². The number of hydrogen-bond donors (Lipinski definition) is 1. The fourth-order valence-corrected chi connectivity index (χ4v) is 6.78. The Kier molecular flexibility index (Phi) is 3.84. The van der Waals surface area contributed by atoms with Crippen LogP contribution in [0.1, 0.15) is 5.56 Å². The van der Waals surface area contributed by atoms with Crippen LogP contribution in [0.2, 0.25) is 14.8 Å². The van der Waals surface area contributed by atoms with Gasteiger partial charge in [-0.3, -0.25) is 0 Å². The zero-order chi connectivity index (χ0) is 11.7. The molecule has 2 N–H and O–H groups in total. The summed E-state index contributed by atoms with van der Waals surface area (Å²) in [5, 5.41) is 5.17. The third kappa shape index (κ3) is 4.12. The van der Waals surface area contributed by atoms with E-state index in [0.29, 0.717) is 0 Å². The molecular formula is C10H17NO2SSn. The molecule has 0 aliphatic heterocycles. The third-order valence-electron chi connectivity index (χ3n) is 2.00. The normalized spacial score (nSPS) is 12.8. The molecule has 5 heteroatoms. The van der Waals surface area contributed by atoms with E-state index in [9.17, 15) is 8.42 Å². The van der Waals surface area contributed by atoms with Gasteiger partial charge in [-0.2, -0.15) is 0 Å². The molecule has 1 aromatic rings. The number of benzene rings is 1. The fourth-order valence-electron chi connectivity index (χ4n) is 1.50. The number of primary sulfonamides is 1. The molecule has 1 rings (SSSR count). The van der Waals surface area contributed by atoms with Crippen molar-refractivity contribution in [1.29, 1.82) is 0 Å². The molecule has 0 fully saturated rings. The van der Waals surface area contributed by atoms with Crippen LogP contribution >= 0.6 is 0 Å². The molecular weight excluding hydrogens is 317 g/mol. The van der Waals surface area contributed by atoms with Gasteiger partial charge in [-0.25, -0.2) is 0 Å². The van der Waals surface area contributed by atoms with Crippen LogP contribution in [0.3, 0.4) is 0 Å². The van der Waals surface area contributed by atoms with Crippen LogP contribution < -0.4 is 5.14 Å². The second kappa shape index (κ2) is 4.43. The molecule has 3 nitrogen and oxygen atoms in total. The molecule has 0 spiro atoms. The molecule has 0 aliphatic carbocycles. The average Bonchev–Trinajstić information content (AvgIpc) is 1.99. The van der Waals surface area contributed by atoms with Crippen molar-refractivity contribution in [1.82, 2.24) is 0 Å². The summed E-state index contributed by atoms with van der Waals surface area (Å²) < 4.78 is 23.6. The van der Waals surface area contributed by atoms with Gasteiger partial charge >= 0.3 is 95.9 Å². The van der Waals surface area contributed by atoms with Crippen LogP contribution in [0.15, 0.2) is 29.2 Å². The van der Waals surface area contributed by atoms with Crippen LogP contribution in [0.25, 0.3) is 0 Å². The van der Waals surface area contributed by atoms with Gasteiger partial charge in [0, 0.05) is 0 Å². The van der Waals surface area contributed by atoms with E-state index in [1.54, 1.807) is 12.1 Å². The minimum atomic E-state index is -3.57. The molecule has 0 saturated carbocycles. The quantitative estimate of drug-likeness (QED) is 0.857. The van der Waals surface area contributed by atoms with E-state index in [0.717, 1.165) is 10.0 Å². The molecule has 15 heavy (non-hydrogen) atoms. The molecule has 0 radical (unpaired) electrons. The zero-order valence-corrected chi connectivity index (χ0v) is 13.0. The first kappa shape index (κ1) is 13.0. The number of rotatable bonds is 3. The maximum atomic E-state index is 11.3. The van der Waals surface area contributed by atoms with Gasteiger partial charge in [0.15, 0.2) is 0 Å². The van der Waals surface area contributed by atoms with Gasteiger partial charge in [0.2, 0.25) is 0 Å². The van der Waals surface area contributed by atoms with Gasteiger partial charge in [-0.05, 0) is 0 Å². The SMILES string of the molecule is [CH3][Sn]([CH3])([CH3])[CH2]c1ccccc1S(N)(=O)=O. The summed E-state index contributed by atoms with van der Waals surface area (Å²) in [6.45, 7) is 0. The summed E-state index contributed by atoms with van der Waals surface area (Å²) in [5.74, 6) is 0. The second-order valence-corrected chi connectivity index (χ2v) is 22.0. The molecule has 0 unspecified atom stereocenters. The molecule has 0 amide bonds. The van der Waals surface area contributed by atoms with Gasteiger partial charge in [0.25, 0.3) is 0 Å². The molecule has 0 saturated heterocycles. The Balaban J connectivity index is 3.20. The van der Waals surface area contributed by atoms with E-state index in [1.807, 2.05) is 12.1 Å². The Hall–Kier alpha value is -0.0713. The summed E-state index contributed by atoms with van der Waals surface area (Å²) in [7, 11) is -3.57. The van der Waals surface area contributed by atoms with Crippen molar-refractivity contribution in [3.8, 4) is 0 Å². The Morgan fingerprint density at radius 1 is 1.20 bits per heavy atom. The van der Waals surface area contributed by atoms with Crippen molar-refractivity contribution in [2.45, 2.75) is 24.2 Å². The molecule has 1 aromatic carbocycles. The topological polar surface area (TPSA) is 60.2 Å². The maximum absolute atomic E-state index is 11.3. The van der Waals surface area contributed by atoms with Crippen molar-refractivity contribution < 1.29 is 8.42 Å². The number of sulfonamides is 1. The average molecular weight is 334 g/mol. The number of hydrogen-bond acceptors (Lipinski definition) is 2. The first-order valence-corrected chi connectivity index (χ1v) is 16.9. The first-order valence-electron chi connectivity index (χ1n) is 4.81. The molecule has 0 aliphatic rings. The third-order valence-corrected chi connectivity index (χ3v) is 7.13. The van der Waals surface area contributed by atoms with Gasteiger partial charge in [-0.15, -0.1) is 0 Å². The van der Waals surface area contributed by atoms with Gasteiger partial charge in [-0.1, -0.05) is 0 Å². The van der Waals surface area contributed by atoms with E-state index in [4.69, 9.17) is 5.14 Å². The van der Waals surface area contributed by atoms with Crippen LogP contribution in [0, 0.1) is 0 Å². The van der Waals surface area contributed by atoms with Gasteiger partial charge in [0.1, 0.15) is 0 Å². The standard InChI is InChI=1S/C7H8NO2S.3CH3.Sn/c1-6-4-2-3-5-7(6)11(8,9)10;;;;/h2-5H,1H2,(H2,8,9,10);3*1H3;. The van der Waals surface area contributed by atoms with Crippen molar-refractivity contribution in [3.63, 3.8) is 0 Å². The molecule has 0 heterocycles. The summed E-state index contributed by atoms with van der Waals surface area (Å²) >= 11 is -2.03.